The molecule has 0 bridgehead atoms. The van der Waals surface area contributed by atoms with Crippen LogP contribution in [0.25, 0.3) is 11.1 Å². The predicted octanol–water partition coefficient (Wildman–Crippen LogP) is 5.20. The van der Waals surface area contributed by atoms with E-state index in [0.717, 1.165) is 18.5 Å². The molecular weight excluding hydrogens is 440 g/mol. The van der Waals surface area contributed by atoms with Crippen LogP contribution in [-0.2, 0) is 16.1 Å². The molecule has 1 saturated heterocycles. The van der Waals surface area contributed by atoms with Gasteiger partial charge in [0.1, 0.15) is 0 Å². The van der Waals surface area contributed by atoms with Crippen LogP contribution in [0.4, 0.5) is 0 Å². The summed E-state index contributed by atoms with van der Waals surface area (Å²) in [6.45, 7) is 4.72. The van der Waals surface area contributed by atoms with Gasteiger partial charge in [0.25, 0.3) is 0 Å². The van der Waals surface area contributed by atoms with E-state index in [1.807, 2.05) is 0 Å². The van der Waals surface area contributed by atoms with Crippen LogP contribution in [0.5, 0.6) is 0 Å². The Balaban J connectivity index is 0.000000371. The number of nitrogens with one attached hydrogen (secondary N) is 1. The first kappa shape index (κ1) is 26.6. The Morgan fingerprint density at radius 2 is 1.43 bits per heavy atom. The number of carbonyl (C=O) groups is 2. The molecule has 0 atom stereocenters. The third kappa shape index (κ3) is 9.30. The van der Waals surface area contributed by atoms with E-state index in [4.69, 9.17) is 10.2 Å². The summed E-state index contributed by atoms with van der Waals surface area (Å²) in [4.78, 5) is 21.9. The summed E-state index contributed by atoms with van der Waals surface area (Å²) >= 11 is 0. The molecule has 1 heterocycles. The first-order valence-electron chi connectivity index (χ1n) is 12.7. The number of piperidine rings is 1. The van der Waals surface area contributed by atoms with Gasteiger partial charge in [-0.05, 0) is 61.4 Å². The summed E-state index contributed by atoms with van der Waals surface area (Å²) in [5, 5.41) is 19.2. The highest BCUT2D eigenvalue weighted by molar-refractivity contribution is 5.89. The third-order valence-corrected chi connectivity index (χ3v) is 6.89. The number of benzene rings is 2. The highest BCUT2D eigenvalue weighted by atomic mass is 16.4. The molecule has 2 aliphatic rings. The van der Waals surface area contributed by atoms with Crippen molar-refractivity contribution < 1.29 is 19.8 Å². The average Bonchev–Trinajstić information content (AvgIpc) is 2.89. The van der Waals surface area contributed by atoms with Gasteiger partial charge in [-0.3, -0.25) is 4.90 Å². The smallest absolute Gasteiger partial charge is 0.328 e. The molecule has 4 rings (SSSR count). The van der Waals surface area contributed by atoms with Crippen molar-refractivity contribution in [2.45, 2.75) is 57.5 Å². The number of hydrogen-bond acceptors (Lipinski definition) is 4. The molecule has 0 amide bonds. The standard InChI is InChI=1S/C25H34N2.C4H4O4/c1-3-9-21(10-4-1)19-27(24-15-17-26-18-16-24)20-23-13-7-8-14-25(23)22-11-5-2-6-12-22;5-3(6)1-2-4(7)8/h2,5-8,11-14,21,24,26H,1,3-4,9-10,15-20H2;1-2H,(H,5,6)(H,7,8). The van der Waals surface area contributed by atoms with Crippen molar-refractivity contribution >= 4 is 11.9 Å². The van der Waals surface area contributed by atoms with Crippen LogP contribution in [0, 0.1) is 5.92 Å². The Kier molecular flexibility index (Phi) is 11.0. The van der Waals surface area contributed by atoms with E-state index >= 15 is 0 Å². The van der Waals surface area contributed by atoms with Gasteiger partial charge in [-0.2, -0.15) is 0 Å². The highest BCUT2D eigenvalue weighted by Gasteiger charge is 2.25. The fourth-order valence-corrected chi connectivity index (χ4v) is 5.13. The van der Waals surface area contributed by atoms with E-state index in [9.17, 15) is 9.59 Å². The Morgan fingerprint density at radius 1 is 0.829 bits per heavy atom. The molecule has 1 saturated carbocycles. The topological polar surface area (TPSA) is 89.9 Å². The second-order valence-corrected chi connectivity index (χ2v) is 9.45. The van der Waals surface area contributed by atoms with Crippen molar-refractivity contribution in [2.75, 3.05) is 19.6 Å². The van der Waals surface area contributed by atoms with Crippen molar-refractivity contribution in [1.29, 1.82) is 0 Å². The lowest BCUT2D eigenvalue weighted by Gasteiger charge is -2.38. The minimum Gasteiger partial charge on any atom is -0.478 e. The van der Waals surface area contributed by atoms with Gasteiger partial charge in [-0.1, -0.05) is 73.9 Å². The first-order chi connectivity index (χ1) is 17.0. The second-order valence-electron chi connectivity index (χ2n) is 9.45. The maximum atomic E-state index is 9.55. The van der Waals surface area contributed by atoms with Gasteiger partial charge in [-0.15, -0.1) is 0 Å². The Bertz CT molecular complexity index is 932. The largest absolute Gasteiger partial charge is 0.478 e. The molecule has 2 aromatic carbocycles. The molecule has 35 heavy (non-hydrogen) atoms. The number of nitrogens with zero attached hydrogens (tertiary/aromatic N) is 1. The van der Waals surface area contributed by atoms with Crippen LogP contribution in [-0.4, -0.2) is 52.7 Å². The van der Waals surface area contributed by atoms with Crippen molar-refractivity contribution in [3.05, 3.63) is 72.3 Å². The molecule has 1 aliphatic carbocycles. The monoisotopic (exact) mass is 478 g/mol. The quantitative estimate of drug-likeness (QED) is 0.452. The van der Waals surface area contributed by atoms with Gasteiger partial charge in [0.2, 0.25) is 0 Å². The number of hydrogen-bond donors (Lipinski definition) is 3. The molecule has 1 aliphatic heterocycles. The highest BCUT2D eigenvalue weighted by Crippen LogP contribution is 2.29. The lowest BCUT2D eigenvalue weighted by Crippen LogP contribution is -2.45. The average molecular weight is 479 g/mol. The fourth-order valence-electron chi connectivity index (χ4n) is 5.13. The van der Waals surface area contributed by atoms with E-state index in [1.165, 1.54) is 81.3 Å². The summed E-state index contributed by atoms with van der Waals surface area (Å²) in [7, 11) is 0. The lowest BCUT2D eigenvalue weighted by molar-refractivity contribution is -0.134. The molecular formula is C29H38N2O4. The Hall–Kier alpha value is -2.96. The number of carboxylic acids is 2. The molecule has 0 aromatic heterocycles. The summed E-state index contributed by atoms with van der Waals surface area (Å²) < 4.78 is 0. The molecule has 2 fully saturated rings. The van der Waals surface area contributed by atoms with Crippen LogP contribution >= 0.6 is 0 Å². The van der Waals surface area contributed by atoms with Gasteiger partial charge in [0.15, 0.2) is 0 Å². The summed E-state index contributed by atoms with van der Waals surface area (Å²) in [6, 6.07) is 20.7. The zero-order valence-electron chi connectivity index (χ0n) is 20.4. The van der Waals surface area contributed by atoms with Crippen LogP contribution in [0.3, 0.4) is 0 Å². The van der Waals surface area contributed by atoms with Gasteiger partial charge < -0.3 is 15.5 Å². The molecule has 6 heteroatoms. The van der Waals surface area contributed by atoms with Crippen LogP contribution in [0.1, 0.15) is 50.5 Å². The van der Waals surface area contributed by atoms with Gasteiger partial charge >= 0.3 is 11.9 Å². The number of aliphatic carboxylic acids is 2. The summed E-state index contributed by atoms with van der Waals surface area (Å²) in [6.07, 6.45) is 10.9. The van der Waals surface area contributed by atoms with Crippen LogP contribution < -0.4 is 5.32 Å². The maximum Gasteiger partial charge on any atom is 0.328 e. The first-order valence-corrected chi connectivity index (χ1v) is 12.7. The minimum atomic E-state index is -1.26. The van der Waals surface area contributed by atoms with E-state index in [2.05, 4.69) is 64.8 Å². The molecule has 6 nitrogen and oxygen atoms in total. The summed E-state index contributed by atoms with van der Waals surface area (Å²) in [5.41, 5.74) is 4.23. The van der Waals surface area contributed by atoms with E-state index in [1.54, 1.807) is 0 Å². The van der Waals surface area contributed by atoms with Crippen molar-refractivity contribution in [1.82, 2.24) is 10.2 Å². The van der Waals surface area contributed by atoms with Gasteiger partial charge in [-0.25, -0.2) is 9.59 Å². The number of rotatable bonds is 8. The maximum absolute atomic E-state index is 9.55. The van der Waals surface area contributed by atoms with Crippen molar-refractivity contribution in [3.63, 3.8) is 0 Å². The normalized spacial score (nSPS) is 17.2. The molecule has 188 valence electrons. The zero-order chi connectivity index (χ0) is 24.9. The fraction of sp³-hybridized carbons (Fsp3) is 0.448. The summed E-state index contributed by atoms with van der Waals surface area (Å²) in [5.74, 6) is -1.61. The molecule has 0 radical (unpaired) electrons. The van der Waals surface area contributed by atoms with E-state index in [-0.39, 0.29) is 0 Å². The van der Waals surface area contributed by atoms with Crippen LogP contribution in [0.15, 0.2) is 66.7 Å². The van der Waals surface area contributed by atoms with Gasteiger partial charge in [0, 0.05) is 31.3 Å². The van der Waals surface area contributed by atoms with Crippen molar-refractivity contribution in [3.8, 4) is 11.1 Å². The van der Waals surface area contributed by atoms with E-state index in [0.29, 0.717) is 12.2 Å². The SMILES string of the molecule is O=C(O)C=CC(=O)O.c1ccc(-c2ccccc2CN(CC2CCCCC2)C2CCNCC2)cc1. The zero-order valence-corrected chi connectivity index (χ0v) is 20.4. The number of carboxylic acid groups (broad SMARTS) is 2. The third-order valence-electron chi connectivity index (χ3n) is 6.89. The molecule has 2 aromatic rings. The van der Waals surface area contributed by atoms with Gasteiger partial charge in [0.05, 0.1) is 0 Å². The van der Waals surface area contributed by atoms with Crippen molar-refractivity contribution in [2.24, 2.45) is 5.92 Å². The van der Waals surface area contributed by atoms with E-state index < -0.39 is 11.9 Å². The Morgan fingerprint density at radius 3 is 2.06 bits per heavy atom. The molecule has 3 N–H and O–H groups in total. The molecule has 0 unspecified atom stereocenters. The minimum absolute atomic E-state index is 0.558. The molecule has 0 spiro atoms. The van der Waals surface area contributed by atoms with Crippen LogP contribution in [0.2, 0.25) is 0 Å². The predicted molar refractivity (Wildman–Crippen MR) is 139 cm³/mol. The second kappa shape index (κ2) is 14.4. The lowest BCUT2D eigenvalue weighted by atomic mass is 9.88. The Labute approximate surface area is 208 Å².